The molecule has 0 atom stereocenters. The SMILES string of the molecule is COCCNCc1cc(-c2cc(Br)ccc2F)on1. The lowest BCUT2D eigenvalue weighted by molar-refractivity contribution is 0.199. The topological polar surface area (TPSA) is 47.3 Å². The Hall–Kier alpha value is -1.24. The molecule has 0 unspecified atom stereocenters. The number of nitrogens with zero attached hydrogens (tertiary/aromatic N) is 1. The Labute approximate surface area is 119 Å². The molecular formula is C13H14BrFN2O2. The molecule has 0 bridgehead atoms. The van der Waals surface area contributed by atoms with E-state index in [4.69, 9.17) is 9.26 Å². The summed E-state index contributed by atoms with van der Waals surface area (Å²) in [6.07, 6.45) is 0. The van der Waals surface area contributed by atoms with Crippen molar-refractivity contribution in [3.8, 4) is 11.3 Å². The van der Waals surface area contributed by atoms with Crippen molar-refractivity contribution in [2.45, 2.75) is 6.54 Å². The predicted octanol–water partition coefficient (Wildman–Crippen LogP) is 2.98. The minimum atomic E-state index is -0.335. The van der Waals surface area contributed by atoms with Crippen molar-refractivity contribution in [2.75, 3.05) is 20.3 Å². The summed E-state index contributed by atoms with van der Waals surface area (Å²) in [6.45, 7) is 1.91. The predicted molar refractivity (Wildman–Crippen MR) is 73.2 cm³/mol. The Kier molecular flexibility index (Phi) is 5.07. The van der Waals surface area contributed by atoms with Crippen LogP contribution in [-0.2, 0) is 11.3 Å². The quantitative estimate of drug-likeness (QED) is 0.828. The molecule has 102 valence electrons. The van der Waals surface area contributed by atoms with E-state index in [1.165, 1.54) is 6.07 Å². The van der Waals surface area contributed by atoms with Crippen molar-refractivity contribution >= 4 is 15.9 Å². The second-order valence-electron chi connectivity index (χ2n) is 3.98. The van der Waals surface area contributed by atoms with E-state index in [2.05, 4.69) is 26.4 Å². The van der Waals surface area contributed by atoms with Gasteiger partial charge in [0.05, 0.1) is 17.9 Å². The summed E-state index contributed by atoms with van der Waals surface area (Å²) in [5.41, 5.74) is 1.12. The smallest absolute Gasteiger partial charge is 0.170 e. The second-order valence-corrected chi connectivity index (χ2v) is 4.89. The van der Waals surface area contributed by atoms with Gasteiger partial charge in [0.2, 0.25) is 0 Å². The van der Waals surface area contributed by atoms with E-state index in [0.717, 1.165) is 16.7 Å². The minimum Gasteiger partial charge on any atom is -0.383 e. The van der Waals surface area contributed by atoms with Crippen LogP contribution in [0.25, 0.3) is 11.3 Å². The molecule has 6 heteroatoms. The molecule has 1 aromatic carbocycles. The fourth-order valence-electron chi connectivity index (χ4n) is 1.60. The van der Waals surface area contributed by atoms with Gasteiger partial charge in [-0.25, -0.2) is 4.39 Å². The van der Waals surface area contributed by atoms with Crippen LogP contribution in [0.4, 0.5) is 4.39 Å². The van der Waals surface area contributed by atoms with Gasteiger partial charge in [0, 0.05) is 30.7 Å². The lowest BCUT2D eigenvalue weighted by Gasteiger charge is -1.99. The van der Waals surface area contributed by atoms with E-state index < -0.39 is 0 Å². The zero-order chi connectivity index (χ0) is 13.7. The molecule has 2 rings (SSSR count). The Morgan fingerprint density at radius 3 is 3.05 bits per heavy atom. The molecule has 0 amide bonds. The molecule has 0 saturated heterocycles. The average molecular weight is 329 g/mol. The third-order valence-corrected chi connectivity index (χ3v) is 3.04. The van der Waals surface area contributed by atoms with Gasteiger partial charge >= 0.3 is 0 Å². The van der Waals surface area contributed by atoms with Gasteiger partial charge in [-0.05, 0) is 18.2 Å². The number of benzene rings is 1. The highest BCUT2D eigenvalue weighted by atomic mass is 79.9. The first kappa shape index (κ1) is 14.2. The van der Waals surface area contributed by atoms with Crippen LogP contribution in [0, 0.1) is 5.82 Å². The van der Waals surface area contributed by atoms with Gasteiger partial charge in [0.1, 0.15) is 5.82 Å². The van der Waals surface area contributed by atoms with Crippen LogP contribution >= 0.6 is 15.9 Å². The van der Waals surface area contributed by atoms with Crippen molar-refractivity contribution in [1.29, 1.82) is 0 Å². The largest absolute Gasteiger partial charge is 0.383 e. The molecule has 0 radical (unpaired) electrons. The summed E-state index contributed by atoms with van der Waals surface area (Å²) in [5, 5.41) is 7.04. The Bertz CT molecular complexity index is 545. The van der Waals surface area contributed by atoms with Gasteiger partial charge in [-0.3, -0.25) is 0 Å². The fourth-order valence-corrected chi connectivity index (χ4v) is 1.96. The van der Waals surface area contributed by atoms with E-state index >= 15 is 0 Å². The molecule has 4 nitrogen and oxygen atoms in total. The molecular weight excluding hydrogens is 315 g/mol. The normalized spacial score (nSPS) is 10.9. The first-order valence-electron chi connectivity index (χ1n) is 5.81. The molecule has 0 fully saturated rings. The number of halogens is 2. The van der Waals surface area contributed by atoms with Crippen LogP contribution in [0.5, 0.6) is 0 Å². The summed E-state index contributed by atoms with van der Waals surface area (Å²) in [6, 6.07) is 6.42. The lowest BCUT2D eigenvalue weighted by Crippen LogP contribution is -2.18. The number of ether oxygens (including phenoxy) is 1. The fraction of sp³-hybridized carbons (Fsp3) is 0.308. The highest BCUT2D eigenvalue weighted by Gasteiger charge is 2.11. The molecule has 1 heterocycles. The molecule has 2 aromatic rings. The van der Waals surface area contributed by atoms with E-state index in [9.17, 15) is 4.39 Å². The van der Waals surface area contributed by atoms with Gasteiger partial charge in [-0.2, -0.15) is 0 Å². The second kappa shape index (κ2) is 6.79. The third-order valence-electron chi connectivity index (χ3n) is 2.54. The zero-order valence-electron chi connectivity index (χ0n) is 10.5. The van der Waals surface area contributed by atoms with E-state index in [1.807, 2.05) is 0 Å². The average Bonchev–Trinajstić information content (AvgIpc) is 2.86. The zero-order valence-corrected chi connectivity index (χ0v) is 12.0. The van der Waals surface area contributed by atoms with Crippen LogP contribution in [0.2, 0.25) is 0 Å². The first-order chi connectivity index (χ1) is 9.20. The van der Waals surface area contributed by atoms with Gasteiger partial charge in [0.15, 0.2) is 5.76 Å². The number of hydrogen-bond acceptors (Lipinski definition) is 4. The van der Waals surface area contributed by atoms with Crippen molar-refractivity contribution in [3.05, 3.63) is 40.2 Å². The molecule has 0 aliphatic heterocycles. The number of nitrogens with one attached hydrogen (secondary N) is 1. The van der Waals surface area contributed by atoms with Crippen LogP contribution in [0.1, 0.15) is 5.69 Å². The van der Waals surface area contributed by atoms with Crippen molar-refractivity contribution in [3.63, 3.8) is 0 Å². The van der Waals surface area contributed by atoms with Crippen LogP contribution < -0.4 is 5.32 Å². The number of methoxy groups -OCH3 is 1. The lowest BCUT2D eigenvalue weighted by atomic mass is 10.1. The van der Waals surface area contributed by atoms with Crippen LogP contribution in [0.3, 0.4) is 0 Å². The van der Waals surface area contributed by atoms with Crippen molar-refractivity contribution in [2.24, 2.45) is 0 Å². The first-order valence-corrected chi connectivity index (χ1v) is 6.60. The van der Waals surface area contributed by atoms with Gasteiger partial charge in [0.25, 0.3) is 0 Å². The summed E-state index contributed by atoms with van der Waals surface area (Å²) in [5.74, 6) is 0.0839. The molecule has 1 aromatic heterocycles. The van der Waals surface area contributed by atoms with Gasteiger partial charge in [-0.15, -0.1) is 0 Å². The van der Waals surface area contributed by atoms with Gasteiger partial charge < -0.3 is 14.6 Å². The molecule has 19 heavy (non-hydrogen) atoms. The third kappa shape index (κ3) is 3.86. The highest BCUT2D eigenvalue weighted by molar-refractivity contribution is 9.10. The van der Waals surface area contributed by atoms with Gasteiger partial charge in [-0.1, -0.05) is 21.1 Å². The monoisotopic (exact) mass is 328 g/mol. The molecule has 0 aliphatic rings. The number of hydrogen-bond donors (Lipinski definition) is 1. The highest BCUT2D eigenvalue weighted by Crippen LogP contribution is 2.26. The van der Waals surface area contributed by atoms with Crippen molar-refractivity contribution in [1.82, 2.24) is 10.5 Å². The van der Waals surface area contributed by atoms with E-state index in [1.54, 1.807) is 25.3 Å². The summed E-state index contributed by atoms with van der Waals surface area (Å²) < 4.78 is 24.6. The standard InChI is InChI=1S/C13H14BrFN2O2/c1-18-5-4-16-8-10-7-13(19-17-10)11-6-9(14)2-3-12(11)15/h2-3,6-7,16H,4-5,8H2,1H3. The Balaban J connectivity index is 2.06. The van der Waals surface area contributed by atoms with E-state index in [-0.39, 0.29) is 5.82 Å². The molecule has 0 spiro atoms. The number of aromatic nitrogens is 1. The van der Waals surface area contributed by atoms with Crippen LogP contribution in [-0.4, -0.2) is 25.4 Å². The molecule has 1 N–H and O–H groups in total. The Morgan fingerprint density at radius 1 is 1.42 bits per heavy atom. The summed E-state index contributed by atoms with van der Waals surface area (Å²) in [7, 11) is 1.64. The van der Waals surface area contributed by atoms with E-state index in [0.29, 0.717) is 24.5 Å². The maximum atomic E-state index is 13.7. The minimum absolute atomic E-state index is 0.335. The maximum Gasteiger partial charge on any atom is 0.170 e. The maximum absolute atomic E-state index is 13.7. The molecule has 0 saturated carbocycles. The summed E-state index contributed by atoms with van der Waals surface area (Å²) >= 11 is 3.30. The van der Waals surface area contributed by atoms with Crippen LogP contribution in [0.15, 0.2) is 33.3 Å². The number of rotatable bonds is 6. The van der Waals surface area contributed by atoms with Crippen molar-refractivity contribution < 1.29 is 13.7 Å². The molecule has 0 aliphatic carbocycles. The Morgan fingerprint density at radius 2 is 2.26 bits per heavy atom. The summed E-state index contributed by atoms with van der Waals surface area (Å²) in [4.78, 5) is 0.